The Morgan fingerprint density at radius 2 is 1.63 bits per heavy atom. The first kappa shape index (κ1) is 15.7. The topological polar surface area (TPSA) is 119 Å². The SMILES string of the molecule is CCC(N)(CC)C1C=CC(N([O-])[O-])=C(N(O)O)C=C1. The normalized spacial score (nSPS) is 19.6. The van der Waals surface area contributed by atoms with E-state index in [1.807, 2.05) is 13.8 Å². The summed E-state index contributed by atoms with van der Waals surface area (Å²) in [7, 11) is 0. The van der Waals surface area contributed by atoms with Crippen molar-refractivity contribution < 1.29 is 10.4 Å². The van der Waals surface area contributed by atoms with E-state index in [4.69, 9.17) is 16.1 Å². The van der Waals surface area contributed by atoms with Crippen LogP contribution in [-0.2, 0) is 0 Å². The van der Waals surface area contributed by atoms with Crippen LogP contribution in [0.4, 0.5) is 0 Å². The maximum Gasteiger partial charge on any atom is 0.116 e. The van der Waals surface area contributed by atoms with Gasteiger partial charge < -0.3 is 21.4 Å². The molecule has 0 aromatic rings. The molecule has 0 aromatic heterocycles. The number of nitrogens with zero attached hydrogens (tertiary/aromatic N) is 2. The lowest BCUT2D eigenvalue weighted by atomic mass is 9.80. The van der Waals surface area contributed by atoms with Crippen LogP contribution in [0.5, 0.6) is 0 Å². The van der Waals surface area contributed by atoms with Gasteiger partial charge in [-0.2, -0.15) is 0 Å². The molecule has 0 radical (unpaired) electrons. The molecule has 4 N–H and O–H groups in total. The fraction of sp³-hybridized carbons (Fsp3) is 0.500. The molecule has 0 aliphatic heterocycles. The third kappa shape index (κ3) is 3.34. The standard InChI is InChI=1S/C12H19N3O4/c1-3-12(13,4-2)9-5-7-10(14(16)17)11(8-6-9)15(18)19/h5-9,16-17H,3-4,13H2,1-2H3/q-2. The molecule has 0 fully saturated rings. The maximum atomic E-state index is 10.9. The van der Waals surface area contributed by atoms with Gasteiger partial charge in [-0.25, -0.2) is 0 Å². The molecule has 19 heavy (non-hydrogen) atoms. The van der Waals surface area contributed by atoms with Gasteiger partial charge in [-0.1, -0.05) is 26.0 Å². The zero-order valence-electron chi connectivity index (χ0n) is 11.0. The van der Waals surface area contributed by atoms with Crippen LogP contribution < -0.4 is 5.73 Å². The number of hydrogen-bond acceptors (Lipinski definition) is 7. The molecule has 1 rings (SSSR count). The van der Waals surface area contributed by atoms with Crippen LogP contribution in [0.1, 0.15) is 26.7 Å². The first-order valence-electron chi connectivity index (χ1n) is 6.07. The molecule has 0 aromatic carbocycles. The zero-order valence-corrected chi connectivity index (χ0v) is 11.0. The van der Waals surface area contributed by atoms with E-state index in [1.54, 1.807) is 12.2 Å². The number of hydrogen-bond donors (Lipinski definition) is 3. The van der Waals surface area contributed by atoms with E-state index >= 15 is 0 Å². The molecule has 0 bridgehead atoms. The lowest BCUT2D eigenvalue weighted by Gasteiger charge is -2.39. The highest BCUT2D eigenvalue weighted by atomic mass is 16.8. The monoisotopic (exact) mass is 269 g/mol. The average Bonchev–Trinajstić information content (AvgIpc) is 2.60. The Kier molecular flexibility index (Phi) is 5.10. The molecule has 0 amide bonds. The van der Waals surface area contributed by atoms with Gasteiger partial charge in [0.05, 0.1) is 0 Å². The summed E-state index contributed by atoms with van der Waals surface area (Å²) >= 11 is 0. The van der Waals surface area contributed by atoms with Gasteiger partial charge in [0.1, 0.15) is 5.70 Å². The Hall–Kier alpha value is -1.38. The highest BCUT2D eigenvalue weighted by Gasteiger charge is 2.29. The van der Waals surface area contributed by atoms with Crippen molar-refractivity contribution in [2.24, 2.45) is 11.7 Å². The summed E-state index contributed by atoms with van der Waals surface area (Å²) in [6, 6.07) is 0. The highest BCUT2D eigenvalue weighted by Crippen LogP contribution is 2.29. The largest absolute Gasteiger partial charge is 0.769 e. The second-order valence-corrected chi connectivity index (χ2v) is 4.50. The van der Waals surface area contributed by atoms with E-state index in [0.717, 1.165) is 0 Å². The van der Waals surface area contributed by atoms with Crippen LogP contribution in [-0.4, -0.2) is 26.4 Å². The number of nitrogens with two attached hydrogens (primary N) is 1. The lowest BCUT2D eigenvalue weighted by Crippen LogP contribution is -2.44. The molecule has 1 atom stereocenters. The van der Waals surface area contributed by atoms with Crippen molar-refractivity contribution >= 4 is 0 Å². The van der Waals surface area contributed by atoms with Gasteiger partial charge in [-0.3, -0.25) is 10.4 Å². The van der Waals surface area contributed by atoms with Crippen LogP contribution in [0.2, 0.25) is 0 Å². The summed E-state index contributed by atoms with van der Waals surface area (Å²) in [6.07, 6.45) is 7.23. The zero-order chi connectivity index (χ0) is 14.6. The maximum absolute atomic E-state index is 10.9. The Bertz CT molecular complexity index is 370. The summed E-state index contributed by atoms with van der Waals surface area (Å²) in [5, 5.41) is 38.9. The van der Waals surface area contributed by atoms with Gasteiger partial charge in [0.15, 0.2) is 0 Å². The van der Waals surface area contributed by atoms with Gasteiger partial charge in [0.2, 0.25) is 0 Å². The molecule has 1 aliphatic carbocycles. The predicted octanol–water partition coefficient (Wildman–Crippen LogP) is 1.84. The fourth-order valence-electron chi connectivity index (χ4n) is 2.05. The molecule has 7 nitrogen and oxygen atoms in total. The Morgan fingerprint density at radius 3 is 2.00 bits per heavy atom. The predicted molar refractivity (Wildman–Crippen MR) is 70.3 cm³/mol. The summed E-state index contributed by atoms with van der Waals surface area (Å²) in [5.41, 5.74) is 5.06. The molecule has 1 aliphatic rings. The number of hydroxylamine groups is 4. The first-order valence-corrected chi connectivity index (χ1v) is 6.07. The van der Waals surface area contributed by atoms with E-state index < -0.39 is 16.5 Å². The van der Waals surface area contributed by atoms with Crippen molar-refractivity contribution in [3.8, 4) is 0 Å². The minimum atomic E-state index is -0.673. The average molecular weight is 269 g/mol. The Balaban J connectivity index is 3.15. The van der Waals surface area contributed by atoms with Crippen LogP contribution in [0, 0.1) is 16.3 Å². The van der Waals surface area contributed by atoms with Crippen LogP contribution >= 0.6 is 0 Å². The van der Waals surface area contributed by atoms with Gasteiger partial charge in [0.25, 0.3) is 0 Å². The van der Waals surface area contributed by atoms with Crippen molar-refractivity contribution in [3.63, 3.8) is 0 Å². The van der Waals surface area contributed by atoms with Gasteiger partial charge in [-0.15, -0.1) is 5.23 Å². The fourth-order valence-corrected chi connectivity index (χ4v) is 2.05. The summed E-state index contributed by atoms with van der Waals surface area (Å²) in [6.45, 7) is 3.90. The van der Waals surface area contributed by atoms with Crippen molar-refractivity contribution in [3.05, 3.63) is 46.1 Å². The van der Waals surface area contributed by atoms with E-state index in [2.05, 4.69) is 0 Å². The molecule has 108 valence electrons. The molecule has 1 unspecified atom stereocenters. The highest BCUT2D eigenvalue weighted by molar-refractivity contribution is 5.36. The molecule has 0 heterocycles. The van der Waals surface area contributed by atoms with Crippen molar-refractivity contribution in [1.82, 2.24) is 10.5 Å². The lowest BCUT2D eigenvalue weighted by molar-refractivity contribution is -0.276. The number of allylic oxidation sites excluding steroid dienone is 2. The van der Waals surface area contributed by atoms with E-state index in [0.29, 0.717) is 12.8 Å². The minimum absolute atomic E-state index is 0.213. The van der Waals surface area contributed by atoms with Gasteiger partial charge in [-0.05, 0) is 25.0 Å². The van der Waals surface area contributed by atoms with Crippen LogP contribution in [0.3, 0.4) is 0 Å². The number of rotatable bonds is 5. The summed E-state index contributed by atoms with van der Waals surface area (Å²) in [5.74, 6) is -0.213. The van der Waals surface area contributed by atoms with E-state index in [-0.39, 0.29) is 16.8 Å². The molecular formula is C12H19N3O4-2. The van der Waals surface area contributed by atoms with Crippen molar-refractivity contribution in [1.29, 1.82) is 0 Å². The third-order valence-electron chi connectivity index (χ3n) is 3.58. The van der Waals surface area contributed by atoms with E-state index in [9.17, 15) is 10.4 Å². The quantitative estimate of drug-likeness (QED) is 0.651. The molecule has 7 heteroatoms. The molecular weight excluding hydrogens is 250 g/mol. The molecule has 0 spiro atoms. The second kappa shape index (κ2) is 6.18. The van der Waals surface area contributed by atoms with Gasteiger partial charge in [0, 0.05) is 17.2 Å². The van der Waals surface area contributed by atoms with Crippen molar-refractivity contribution in [2.75, 3.05) is 0 Å². The van der Waals surface area contributed by atoms with E-state index in [1.165, 1.54) is 12.2 Å². The van der Waals surface area contributed by atoms with Crippen LogP contribution in [0.15, 0.2) is 35.7 Å². The summed E-state index contributed by atoms with van der Waals surface area (Å²) < 4.78 is 0. The molecule has 0 saturated carbocycles. The van der Waals surface area contributed by atoms with Gasteiger partial charge >= 0.3 is 0 Å². The Morgan fingerprint density at radius 1 is 1.16 bits per heavy atom. The van der Waals surface area contributed by atoms with Crippen LogP contribution in [0.25, 0.3) is 0 Å². The minimum Gasteiger partial charge on any atom is -0.769 e. The smallest absolute Gasteiger partial charge is 0.116 e. The van der Waals surface area contributed by atoms with Crippen molar-refractivity contribution in [2.45, 2.75) is 32.2 Å². The first-order chi connectivity index (χ1) is 8.85. The Labute approximate surface area is 112 Å². The second-order valence-electron chi connectivity index (χ2n) is 4.50. The summed E-state index contributed by atoms with van der Waals surface area (Å²) in [4.78, 5) is 0. The third-order valence-corrected chi connectivity index (χ3v) is 3.58. The molecule has 0 saturated heterocycles.